The molecule has 45 heavy (non-hydrogen) atoms. The summed E-state index contributed by atoms with van der Waals surface area (Å²) >= 11 is 0. The number of aliphatic imine (C=N–C) groups is 2. The molecule has 10 heteroatoms. The summed E-state index contributed by atoms with van der Waals surface area (Å²) in [5.41, 5.74) is 4.18. The predicted molar refractivity (Wildman–Crippen MR) is 173 cm³/mol. The minimum absolute atomic E-state index is 0.123. The molecule has 0 radical (unpaired) electrons. The molecule has 4 aliphatic heterocycles. The number of carbonyl (C=O) groups is 2. The van der Waals surface area contributed by atoms with E-state index < -0.39 is 0 Å². The Morgan fingerprint density at radius 3 is 1.56 bits per heavy atom. The summed E-state index contributed by atoms with van der Waals surface area (Å²) in [4.78, 5) is 39.4. The summed E-state index contributed by atoms with van der Waals surface area (Å²) in [5.74, 6) is 1.66. The van der Waals surface area contributed by atoms with Crippen LogP contribution in [-0.2, 0) is 0 Å². The van der Waals surface area contributed by atoms with Crippen molar-refractivity contribution >= 4 is 35.6 Å². The Kier molecular flexibility index (Phi) is 8.55. The normalized spacial score (nSPS) is 20.0. The van der Waals surface area contributed by atoms with Gasteiger partial charge in [0.1, 0.15) is 0 Å². The molecule has 2 amide bonds. The quantitative estimate of drug-likeness (QED) is 0.292. The Bertz CT molecular complexity index is 1580. The van der Waals surface area contributed by atoms with Crippen LogP contribution in [0.4, 0.5) is 11.4 Å². The van der Waals surface area contributed by atoms with Crippen LogP contribution < -0.4 is 18.9 Å². The van der Waals surface area contributed by atoms with Gasteiger partial charge in [-0.05, 0) is 50.0 Å². The molecule has 0 aliphatic carbocycles. The van der Waals surface area contributed by atoms with Crippen molar-refractivity contribution in [3.63, 3.8) is 0 Å². The maximum Gasteiger partial charge on any atom is 0.260 e. The summed E-state index contributed by atoms with van der Waals surface area (Å²) in [7, 11) is 3.09. The topological polar surface area (TPSA) is 102 Å². The second-order valence-corrected chi connectivity index (χ2v) is 11.0. The van der Waals surface area contributed by atoms with E-state index in [0.717, 1.165) is 24.0 Å². The van der Waals surface area contributed by atoms with E-state index in [2.05, 4.69) is 9.98 Å². The minimum atomic E-state index is -0.124. The van der Waals surface area contributed by atoms with E-state index >= 15 is 0 Å². The molecule has 0 saturated carbocycles. The molecule has 2 atom stereocenters. The van der Waals surface area contributed by atoms with Crippen molar-refractivity contribution in [2.45, 2.75) is 45.2 Å². The molecule has 1 unspecified atom stereocenters. The maximum atomic E-state index is 13.4. The van der Waals surface area contributed by atoms with E-state index in [0.29, 0.717) is 65.1 Å². The molecule has 2 aromatic carbocycles. The van der Waals surface area contributed by atoms with E-state index in [1.165, 1.54) is 0 Å². The highest BCUT2D eigenvalue weighted by atomic mass is 16.5. The van der Waals surface area contributed by atoms with Crippen LogP contribution in [0.15, 0.2) is 82.1 Å². The van der Waals surface area contributed by atoms with E-state index in [1.54, 1.807) is 48.3 Å². The SMILES string of the molecule is C/C=C/C1=CN2C(=O)c3cc(OC)c(OCCCOc4cc5c(cc4OC)C(=O)N4C=C(/C=C/C)C[C@H]4C=N5)cc3N=CC2C1. The first kappa shape index (κ1) is 29.9. The lowest BCUT2D eigenvalue weighted by atomic mass is 10.1. The number of hydrogen-bond acceptors (Lipinski definition) is 8. The number of carbonyl (C=O) groups excluding carboxylic acids is 2. The van der Waals surface area contributed by atoms with Crippen LogP contribution in [0.5, 0.6) is 23.0 Å². The summed E-state index contributed by atoms with van der Waals surface area (Å²) in [6, 6.07) is 6.62. The summed E-state index contributed by atoms with van der Waals surface area (Å²) in [5, 5.41) is 0. The van der Waals surface area contributed by atoms with Crippen LogP contribution in [0, 0.1) is 0 Å². The molecule has 4 aliphatic rings. The van der Waals surface area contributed by atoms with Gasteiger partial charge in [-0.25, -0.2) is 0 Å². The van der Waals surface area contributed by atoms with Crippen molar-refractivity contribution in [2.24, 2.45) is 9.98 Å². The number of nitrogens with zero attached hydrogens (tertiary/aromatic N) is 4. The van der Waals surface area contributed by atoms with Crippen LogP contribution in [0.1, 0.15) is 53.8 Å². The molecule has 2 aromatic rings. The number of ether oxygens (including phenoxy) is 4. The number of methoxy groups -OCH3 is 2. The van der Waals surface area contributed by atoms with Crippen molar-refractivity contribution in [3.8, 4) is 23.0 Å². The number of hydrogen-bond donors (Lipinski definition) is 0. The maximum absolute atomic E-state index is 13.4. The zero-order chi connectivity index (χ0) is 31.5. The van der Waals surface area contributed by atoms with Gasteiger partial charge in [-0.3, -0.25) is 19.6 Å². The first-order valence-corrected chi connectivity index (χ1v) is 15.0. The van der Waals surface area contributed by atoms with Crippen LogP contribution in [0.25, 0.3) is 0 Å². The third kappa shape index (κ3) is 5.87. The molecular weight excluding hydrogens is 572 g/mol. The second kappa shape index (κ2) is 12.9. The average Bonchev–Trinajstić information content (AvgIpc) is 3.59. The fourth-order valence-corrected chi connectivity index (χ4v) is 5.88. The van der Waals surface area contributed by atoms with E-state index in [1.807, 2.05) is 63.0 Å². The predicted octanol–water partition coefficient (Wildman–Crippen LogP) is 6.33. The van der Waals surface area contributed by atoms with Gasteiger partial charge in [0, 0.05) is 43.4 Å². The third-order valence-electron chi connectivity index (χ3n) is 8.04. The molecule has 0 aromatic heterocycles. The van der Waals surface area contributed by atoms with Crippen molar-refractivity contribution < 1.29 is 28.5 Å². The van der Waals surface area contributed by atoms with Gasteiger partial charge in [0.2, 0.25) is 0 Å². The highest BCUT2D eigenvalue weighted by molar-refractivity contribution is 6.05. The Labute approximate surface area is 262 Å². The fraction of sp³-hybridized carbons (Fsp3) is 0.314. The number of benzene rings is 2. The van der Waals surface area contributed by atoms with Gasteiger partial charge >= 0.3 is 0 Å². The molecule has 4 heterocycles. The van der Waals surface area contributed by atoms with Crippen LogP contribution in [0.3, 0.4) is 0 Å². The molecule has 232 valence electrons. The lowest BCUT2D eigenvalue weighted by Crippen LogP contribution is -2.32. The van der Waals surface area contributed by atoms with Crippen LogP contribution >= 0.6 is 0 Å². The zero-order valence-corrected chi connectivity index (χ0v) is 25.9. The Morgan fingerprint density at radius 2 is 1.16 bits per heavy atom. The van der Waals surface area contributed by atoms with Gasteiger partial charge < -0.3 is 28.7 Å². The molecule has 0 N–H and O–H groups in total. The highest BCUT2D eigenvalue weighted by Gasteiger charge is 2.34. The van der Waals surface area contributed by atoms with E-state index in [4.69, 9.17) is 18.9 Å². The first-order chi connectivity index (χ1) is 21.9. The Balaban J connectivity index is 1.10. The Hall–Kier alpha value is -5.12. The standard InChI is InChI=1S/C35H36N4O6/c1-5-8-22-12-24-18-36-28-16-32(30(42-3)14-26(28)34(40)38(24)20-22)44-10-7-11-45-33-17-29-27(15-31(33)43-4)35(41)39-21-23(9-6-2)13-25(39)19-37-29/h5-6,8-9,14-21,24-25H,7,10-13H2,1-4H3/b8-5+,9-6+/t24-,25?/m0/s1. The highest BCUT2D eigenvalue weighted by Crippen LogP contribution is 2.40. The van der Waals surface area contributed by atoms with Gasteiger partial charge in [-0.2, -0.15) is 0 Å². The van der Waals surface area contributed by atoms with Crippen molar-refractivity contribution in [1.82, 2.24) is 9.80 Å². The number of allylic oxidation sites excluding steroid dienone is 4. The monoisotopic (exact) mass is 608 g/mol. The molecule has 10 nitrogen and oxygen atoms in total. The average molecular weight is 609 g/mol. The third-order valence-corrected chi connectivity index (χ3v) is 8.04. The smallest absolute Gasteiger partial charge is 0.260 e. The lowest BCUT2D eigenvalue weighted by molar-refractivity contribution is 0.0809. The van der Waals surface area contributed by atoms with Crippen LogP contribution in [-0.4, -0.2) is 73.6 Å². The van der Waals surface area contributed by atoms with Gasteiger partial charge in [-0.1, -0.05) is 24.3 Å². The largest absolute Gasteiger partial charge is 0.493 e. The first-order valence-electron chi connectivity index (χ1n) is 15.0. The number of fused-ring (bicyclic) bond motifs is 4. The fourth-order valence-electron chi connectivity index (χ4n) is 5.88. The van der Waals surface area contributed by atoms with Crippen molar-refractivity contribution in [2.75, 3.05) is 27.4 Å². The molecule has 0 saturated heterocycles. The molecular formula is C35H36N4O6. The van der Waals surface area contributed by atoms with Crippen LogP contribution in [0.2, 0.25) is 0 Å². The zero-order valence-electron chi connectivity index (χ0n) is 25.9. The summed E-state index contributed by atoms with van der Waals surface area (Å²) in [6.07, 6.45) is 17.3. The van der Waals surface area contributed by atoms with E-state index in [-0.39, 0.29) is 23.9 Å². The molecule has 0 spiro atoms. The van der Waals surface area contributed by atoms with Gasteiger partial charge in [0.05, 0.1) is 62.0 Å². The van der Waals surface area contributed by atoms with E-state index in [9.17, 15) is 9.59 Å². The Morgan fingerprint density at radius 1 is 0.711 bits per heavy atom. The number of amides is 2. The van der Waals surface area contributed by atoms with Crippen molar-refractivity contribution in [3.05, 3.63) is 83.2 Å². The summed E-state index contributed by atoms with van der Waals surface area (Å²) < 4.78 is 23.3. The molecule has 6 rings (SSSR count). The summed E-state index contributed by atoms with van der Waals surface area (Å²) in [6.45, 7) is 4.58. The minimum Gasteiger partial charge on any atom is -0.493 e. The molecule has 0 bridgehead atoms. The lowest BCUT2D eigenvalue weighted by Gasteiger charge is -2.19. The van der Waals surface area contributed by atoms with Crippen molar-refractivity contribution in [1.29, 1.82) is 0 Å². The molecule has 0 fully saturated rings. The second-order valence-electron chi connectivity index (χ2n) is 11.0. The van der Waals surface area contributed by atoms with Gasteiger partial charge in [-0.15, -0.1) is 0 Å². The van der Waals surface area contributed by atoms with Gasteiger partial charge in [0.25, 0.3) is 11.8 Å². The van der Waals surface area contributed by atoms with Gasteiger partial charge in [0.15, 0.2) is 23.0 Å². The number of rotatable bonds is 10.